The van der Waals surface area contributed by atoms with Crippen molar-refractivity contribution >= 4 is 23.4 Å². The summed E-state index contributed by atoms with van der Waals surface area (Å²) in [4.78, 5) is 28.3. The summed E-state index contributed by atoms with van der Waals surface area (Å²) in [6, 6.07) is 11.6. The third-order valence-corrected chi connectivity index (χ3v) is 8.06. The number of rotatable bonds is 10. The normalized spacial score (nSPS) is 18.1. The summed E-state index contributed by atoms with van der Waals surface area (Å²) in [5, 5.41) is 10.9. The van der Waals surface area contributed by atoms with Gasteiger partial charge in [-0.15, -0.1) is 0 Å². The topological polar surface area (TPSA) is 79.3 Å². The highest BCUT2D eigenvalue weighted by Crippen LogP contribution is 2.41. The number of amides is 2. The fraction of sp³-hybridized carbons (Fsp3) is 0.517. The van der Waals surface area contributed by atoms with Crippen LogP contribution in [0.25, 0.3) is 0 Å². The fourth-order valence-corrected chi connectivity index (χ4v) is 5.28. The molecule has 4 rings (SSSR count). The number of hydrogen-bond donors (Lipinski definition) is 1. The predicted octanol–water partition coefficient (Wildman–Crippen LogP) is 5.05. The molecule has 2 saturated heterocycles. The lowest BCUT2D eigenvalue weighted by Gasteiger charge is -2.38. The molecule has 2 heterocycles. The van der Waals surface area contributed by atoms with E-state index in [1.807, 2.05) is 0 Å². The van der Waals surface area contributed by atoms with E-state index in [9.17, 15) is 27.9 Å². The van der Waals surface area contributed by atoms with Crippen LogP contribution in [-0.2, 0) is 15.1 Å². The molecule has 0 aromatic heterocycles. The molecule has 0 spiro atoms. The molecule has 1 unspecified atom stereocenters. The summed E-state index contributed by atoms with van der Waals surface area (Å²) in [7, 11) is 1.73. The maximum Gasteiger partial charge on any atom is 0.430 e. The van der Waals surface area contributed by atoms with Crippen LogP contribution in [0, 0.1) is 5.92 Å². The van der Waals surface area contributed by atoms with Gasteiger partial charge in [0.05, 0.1) is 36.4 Å². The summed E-state index contributed by atoms with van der Waals surface area (Å²) < 4.78 is 52.5. The van der Waals surface area contributed by atoms with Crippen LogP contribution in [0.3, 0.4) is 0 Å². The van der Waals surface area contributed by atoms with Crippen molar-refractivity contribution in [3.63, 3.8) is 0 Å². The molecule has 40 heavy (non-hydrogen) atoms. The minimum Gasteiger partial charge on any atom is -0.494 e. The molecule has 0 saturated carbocycles. The number of hydrogen-bond acceptors (Lipinski definition) is 5. The summed E-state index contributed by atoms with van der Waals surface area (Å²) >= 11 is 6.33. The summed E-state index contributed by atoms with van der Waals surface area (Å²) in [6.07, 6.45) is -1.51. The maximum absolute atomic E-state index is 13.8. The summed E-state index contributed by atoms with van der Waals surface area (Å²) in [5.74, 6) is -0.648. The Labute approximate surface area is 236 Å². The lowest BCUT2D eigenvalue weighted by molar-refractivity contribution is -0.262. The van der Waals surface area contributed by atoms with Crippen LogP contribution in [-0.4, -0.2) is 78.9 Å². The lowest BCUT2D eigenvalue weighted by atomic mass is 9.88. The van der Waals surface area contributed by atoms with Crippen LogP contribution in [0.4, 0.5) is 13.2 Å². The largest absolute Gasteiger partial charge is 0.494 e. The molecule has 1 atom stereocenters. The van der Waals surface area contributed by atoms with Crippen LogP contribution in [0.1, 0.15) is 48.0 Å². The molecule has 2 aromatic rings. The standard InChI is InChI=1S/C29H34ClF3N2O5/c1-34(22-18-39-19-22)26(36)24-11-10-23(17-25(24)30)40-16-6-5-7-20-12-14-35(15-13-20)27(37)28(38,29(31,32)33)21-8-3-2-4-9-21/h2-4,8-11,17,20,22,38H,5-7,12-16,18-19H2,1H3. The van der Waals surface area contributed by atoms with Gasteiger partial charge < -0.3 is 24.4 Å². The van der Waals surface area contributed by atoms with Gasteiger partial charge >= 0.3 is 6.18 Å². The van der Waals surface area contributed by atoms with Gasteiger partial charge in [0.25, 0.3) is 17.4 Å². The fourth-order valence-electron chi connectivity index (χ4n) is 5.03. The number of likely N-dealkylation sites (tertiary alicyclic amines) is 1. The molecule has 2 aliphatic rings. The van der Waals surface area contributed by atoms with Crippen molar-refractivity contribution in [3.8, 4) is 5.75 Å². The zero-order valence-corrected chi connectivity index (χ0v) is 23.1. The van der Waals surface area contributed by atoms with Crippen molar-refractivity contribution in [2.45, 2.75) is 49.9 Å². The molecule has 2 aliphatic heterocycles. The number of carbonyl (C=O) groups excluding carboxylic acids is 2. The van der Waals surface area contributed by atoms with Gasteiger partial charge in [-0.1, -0.05) is 48.4 Å². The number of carbonyl (C=O) groups is 2. The third kappa shape index (κ3) is 6.56. The van der Waals surface area contributed by atoms with Gasteiger partial charge in [0.15, 0.2) is 0 Å². The molecule has 7 nitrogen and oxygen atoms in total. The monoisotopic (exact) mass is 582 g/mol. The van der Waals surface area contributed by atoms with Gasteiger partial charge in [-0.3, -0.25) is 9.59 Å². The number of unbranched alkanes of at least 4 members (excludes halogenated alkanes) is 1. The molecule has 1 N–H and O–H groups in total. The average Bonchev–Trinajstić information content (AvgIpc) is 2.91. The van der Waals surface area contributed by atoms with Gasteiger partial charge in [-0.25, -0.2) is 0 Å². The Bertz CT molecular complexity index is 1170. The Balaban J connectivity index is 1.19. The second kappa shape index (κ2) is 12.8. The molecular weight excluding hydrogens is 549 g/mol. The molecule has 0 bridgehead atoms. The number of ether oxygens (including phenoxy) is 2. The van der Waals surface area contributed by atoms with Crippen molar-refractivity contribution in [2.24, 2.45) is 5.92 Å². The Morgan fingerprint density at radius 1 is 1.10 bits per heavy atom. The number of aliphatic hydroxyl groups is 1. The maximum atomic E-state index is 13.8. The van der Waals surface area contributed by atoms with Gasteiger partial charge in [0.1, 0.15) is 5.75 Å². The highest BCUT2D eigenvalue weighted by atomic mass is 35.5. The highest BCUT2D eigenvalue weighted by molar-refractivity contribution is 6.34. The zero-order chi connectivity index (χ0) is 28.9. The molecule has 0 radical (unpaired) electrons. The minimum atomic E-state index is -5.13. The zero-order valence-electron chi connectivity index (χ0n) is 22.3. The first-order valence-electron chi connectivity index (χ1n) is 13.4. The van der Waals surface area contributed by atoms with E-state index in [4.69, 9.17) is 21.1 Å². The van der Waals surface area contributed by atoms with Gasteiger partial charge in [-0.2, -0.15) is 13.2 Å². The van der Waals surface area contributed by atoms with E-state index in [2.05, 4.69) is 0 Å². The van der Waals surface area contributed by atoms with Crippen LogP contribution in [0.15, 0.2) is 48.5 Å². The van der Waals surface area contributed by atoms with Crippen molar-refractivity contribution in [3.05, 3.63) is 64.7 Å². The molecule has 2 aromatic carbocycles. The molecular formula is C29H34ClF3N2O5. The van der Waals surface area contributed by atoms with Crippen molar-refractivity contribution in [2.75, 3.05) is 40.0 Å². The molecule has 11 heteroatoms. The van der Waals surface area contributed by atoms with Crippen LogP contribution >= 0.6 is 11.6 Å². The number of halogens is 4. The molecule has 2 fully saturated rings. The second-order valence-corrected chi connectivity index (χ2v) is 10.8. The van der Waals surface area contributed by atoms with Gasteiger partial charge in [-0.05, 0) is 49.8 Å². The Morgan fingerprint density at radius 2 is 1.77 bits per heavy atom. The van der Waals surface area contributed by atoms with E-state index in [1.165, 1.54) is 18.2 Å². The summed E-state index contributed by atoms with van der Waals surface area (Å²) in [6.45, 7) is 1.83. The predicted molar refractivity (Wildman–Crippen MR) is 143 cm³/mol. The molecule has 218 valence electrons. The molecule has 0 aliphatic carbocycles. The SMILES string of the molecule is CN(C(=O)c1ccc(OCCCCC2CCN(C(=O)C(O)(c3ccccc3)C(F)(F)F)CC2)cc1Cl)C1COC1. The number of nitrogens with zero attached hydrogens (tertiary/aromatic N) is 2. The minimum absolute atomic E-state index is 0.0598. The third-order valence-electron chi connectivity index (χ3n) is 7.75. The highest BCUT2D eigenvalue weighted by Gasteiger charge is 2.62. The van der Waals surface area contributed by atoms with Crippen LogP contribution < -0.4 is 4.74 Å². The van der Waals surface area contributed by atoms with Crippen LogP contribution in [0.5, 0.6) is 5.75 Å². The van der Waals surface area contributed by atoms with Crippen molar-refractivity contribution in [1.82, 2.24) is 9.80 Å². The second-order valence-electron chi connectivity index (χ2n) is 10.4. The first-order chi connectivity index (χ1) is 19.0. The van der Waals surface area contributed by atoms with E-state index < -0.39 is 23.2 Å². The number of piperidine rings is 1. The quantitative estimate of drug-likeness (QED) is 0.397. The van der Waals surface area contributed by atoms with E-state index in [1.54, 1.807) is 30.1 Å². The van der Waals surface area contributed by atoms with Crippen molar-refractivity contribution in [1.29, 1.82) is 0 Å². The van der Waals surface area contributed by atoms with Gasteiger partial charge in [0.2, 0.25) is 0 Å². The summed E-state index contributed by atoms with van der Waals surface area (Å²) in [5.41, 5.74) is -3.63. The number of likely N-dealkylation sites (N-methyl/N-ethyl adjacent to an activating group) is 1. The first-order valence-corrected chi connectivity index (χ1v) is 13.8. The van der Waals surface area contributed by atoms with Gasteiger partial charge in [0, 0.05) is 25.7 Å². The lowest BCUT2D eigenvalue weighted by Crippen LogP contribution is -2.57. The Morgan fingerprint density at radius 3 is 2.35 bits per heavy atom. The molecule has 2 amide bonds. The van der Waals surface area contributed by atoms with E-state index in [0.717, 1.165) is 36.3 Å². The van der Waals surface area contributed by atoms with E-state index >= 15 is 0 Å². The number of benzene rings is 2. The number of alkyl halides is 3. The Kier molecular flexibility index (Phi) is 9.64. The first kappa shape index (κ1) is 30.1. The van der Waals surface area contributed by atoms with E-state index in [0.29, 0.717) is 49.0 Å². The Hall–Kier alpha value is -2.82. The van der Waals surface area contributed by atoms with Crippen LogP contribution in [0.2, 0.25) is 5.02 Å². The van der Waals surface area contributed by atoms with Crippen molar-refractivity contribution < 1.29 is 37.3 Å². The average molecular weight is 583 g/mol. The van der Waals surface area contributed by atoms with E-state index in [-0.39, 0.29) is 31.0 Å². The smallest absolute Gasteiger partial charge is 0.430 e.